The summed E-state index contributed by atoms with van der Waals surface area (Å²) in [5.41, 5.74) is 2.47. The van der Waals surface area contributed by atoms with E-state index in [2.05, 4.69) is 10.3 Å². The third-order valence-corrected chi connectivity index (χ3v) is 8.49. The van der Waals surface area contributed by atoms with Gasteiger partial charge >= 0.3 is 12.1 Å². The van der Waals surface area contributed by atoms with Crippen LogP contribution >= 0.6 is 23.2 Å². The quantitative estimate of drug-likeness (QED) is 0.345. The van der Waals surface area contributed by atoms with E-state index in [1.807, 2.05) is 31.2 Å². The van der Waals surface area contributed by atoms with Gasteiger partial charge in [-0.2, -0.15) is 13.2 Å². The van der Waals surface area contributed by atoms with E-state index >= 15 is 0 Å². The molecule has 14 heteroatoms. The van der Waals surface area contributed by atoms with Gasteiger partial charge in [-0.25, -0.2) is 4.98 Å². The number of halogens is 5. The van der Waals surface area contributed by atoms with E-state index in [1.54, 1.807) is 28.8 Å². The van der Waals surface area contributed by atoms with E-state index < -0.39 is 42.5 Å². The largest absolute Gasteiger partial charge is 0.471 e. The number of anilines is 1. The molecule has 5 rings (SSSR count). The predicted octanol–water partition coefficient (Wildman–Crippen LogP) is 5.67. The molecule has 2 aliphatic rings. The molecule has 0 saturated carbocycles. The van der Waals surface area contributed by atoms with Gasteiger partial charge in [-0.15, -0.1) is 0 Å². The number of ether oxygens (including phenoxy) is 2. The van der Waals surface area contributed by atoms with Crippen LogP contribution in [0.3, 0.4) is 0 Å². The number of aliphatic hydroxyl groups is 1. The molecule has 0 radical (unpaired) electrons. The van der Waals surface area contributed by atoms with Crippen molar-refractivity contribution in [3.63, 3.8) is 0 Å². The number of carbonyl (C=O) groups is 2. The molecule has 1 aromatic heterocycles. The van der Waals surface area contributed by atoms with Crippen LogP contribution in [0.1, 0.15) is 48.8 Å². The third kappa shape index (κ3) is 6.83. The summed E-state index contributed by atoms with van der Waals surface area (Å²) in [7, 11) is 0. The third-order valence-electron chi connectivity index (χ3n) is 7.72. The Morgan fingerprint density at radius 3 is 2.51 bits per heavy atom. The second kappa shape index (κ2) is 12.8. The molecular formula is C29H29Cl2F3N4O5. The van der Waals surface area contributed by atoms with Crippen molar-refractivity contribution in [1.82, 2.24) is 14.5 Å². The van der Waals surface area contributed by atoms with Gasteiger partial charge in [-0.3, -0.25) is 9.59 Å². The number of hydrogen-bond acceptors (Lipinski definition) is 6. The Kier molecular flexibility index (Phi) is 9.33. The number of amides is 2. The zero-order valence-corrected chi connectivity index (χ0v) is 24.4. The van der Waals surface area contributed by atoms with Crippen LogP contribution in [0, 0.1) is 5.92 Å². The summed E-state index contributed by atoms with van der Waals surface area (Å²) in [5, 5.41) is 12.5. The number of rotatable bonds is 7. The van der Waals surface area contributed by atoms with Crippen LogP contribution in [-0.2, 0) is 32.2 Å². The summed E-state index contributed by atoms with van der Waals surface area (Å²) < 4.78 is 53.7. The predicted molar refractivity (Wildman–Crippen MR) is 151 cm³/mol. The zero-order chi connectivity index (χ0) is 30.9. The lowest BCUT2D eigenvalue weighted by molar-refractivity contribution is -0.276. The molecule has 3 heterocycles. The van der Waals surface area contributed by atoms with Gasteiger partial charge in [-0.1, -0.05) is 66.5 Å². The standard InChI is InChI=1S/C29H29Cl2F3N4O5/c1-16-22(13-37-15-35-24(30)25(37)31)42-27(43-23(16)18-9-7-17(14-39)8-10-18)19-4-2-5-20(12-19)36-26(40)21-6-3-11-38(21)28(41)29(32,33)34/h2,4-5,7-10,12,15-16,21-23,27,39H,3,6,11,13-14H2,1H3,(H,36,40). The fraction of sp³-hybridized carbons (Fsp3) is 0.414. The van der Waals surface area contributed by atoms with Crippen molar-refractivity contribution in [3.8, 4) is 0 Å². The highest BCUT2D eigenvalue weighted by molar-refractivity contribution is 6.40. The highest BCUT2D eigenvalue weighted by Crippen LogP contribution is 2.43. The lowest BCUT2D eigenvalue weighted by Gasteiger charge is -2.41. The van der Waals surface area contributed by atoms with Crippen molar-refractivity contribution in [3.05, 3.63) is 81.9 Å². The smallest absolute Gasteiger partial charge is 0.392 e. The van der Waals surface area contributed by atoms with Gasteiger partial charge in [0.15, 0.2) is 11.4 Å². The molecule has 2 amide bonds. The van der Waals surface area contributed by atoms with Crippen LogP contribution in [0.25, 0.3) is 0 Å². The van der Waals surface area contributed by atoms with E-state index in [0.29, 0.717) is 22.7 Å². The molecule has 2 saturated heterocycles. The number of nitrogens with zero attached hydrogens (tertiary/aromatic N) is 3. The lowest BCUT2D eigenvalue weighted by Crippen LogP contribution is -2.48. The number of aromatic nitrogens is 2. The number of benzene rings is 2. The molecule has 5 unspecified atom stereocenters. The Labute approximate surface area is 255 Å². The van der Waals surface area contributed by atoms with Crippen molar-refractivity contribution in [2.24, 2.45) is 5.92 Å². The van der Waals surface area contributed by atoms with E-state index in [9.17, 15) is 27.9 Å². The zero-order valence-electron chi connectivity index (χ0n) is 22.9. The average Bonchev–Trinajstić information content (AvgIpc) is 3.60. The molecule has 9 nitrogen and oxygen atoms in total. The SMILES string of the molecule is CC1C(Cn2cnc(Cl)c2Cl)OC(c2cccc(NC(=O)C3CCCN3C(=O)C(F)(F)F)c2)OC1c1ccc(CO)cc1. The maximum atomic E-state index is 13.1. The van der Waals surface area contributed by atoms with Gasteiger partial charge in [0.1, 0.15) is 11.2 Å². The number of hydrogen-bond donors (Lipinski definition) is 2. The second-order valence-electron chi connectivity index (χ2n) is 10.6. The van der Waals surface area contributed by atoms with E-state index in [-0.39, 0.29) is 42.2 Å². The van der Waals surface area contributed by atoms with Crippen LogP contribution in [0.4, 0.5) is 18.9 Å². The second-order valence-corrected chi connectivity index (χ2v) is 11.3. The normalized spacial score (nSPS) is 24.3. The van der Waals surface area contributed by atoms with Crippen LogP contribution in [0.2, 0.25) is 10.3 Å². The molecule has 3 aromatic rings. The van der Waals surface area contributed by atoms with E-state index in [0.717, 1.165) is 11.1 Å². The first-order valence-electron chi connectivity index (χ1n) is 13.6. The molecular weight excluding hydrogens is 612 g/mol. The summed E-state index contributed by atoms with van der Waals surface area (Å²) in [6, 6.07) is 12.8. The highest BCUT2D eigenvalue weighted by atomic mass is 35.5. The first-order valence-corrected chi connectivity index (χ1v) is 14.4. The van der Waals surface area contributed by atoms with Gasteiger partial charge in [0.05, 0.1) is 31.7 Å². The van der Waals surface area contributed by atoms with Gasteiger partial charge in [0, 0.05) is 23.7 Å². The topological polar surface area (TPSA) is 106 Å². The number of aliphatic hydroxyl groups excluding tert-OH is 1. The Morgan fingerprint density at radius 2 is 1.86 bits per heavy atom. The molecule has 2 aromatic carbocycles. The lowest BCUT2D eigenvalue weighted by atomic mass is 9.90. The number of carbonyl (C=O) groups excluding carboxylic acids is 2. The minimum absolute atomic E-state index is 0.100. The molecule has 43 heavy (non-hydrogen) atoms. The van der Waals surface area contributed by atoms with E-state index in [4.69, 9.17) is 32.7 Å². The molecule has 230 valence electrons. The van der Waals surface area contributed by atoms with Crippen molar-refractivity contribution in [1.29, 1.82) is 0 Å². The summed E-state index contributed by atoms with van der Waals surface area (Å²) in [6.07, 6.45) is -4.89. The van der Waals surface area contributed by atoms with Crippen LogP contribution in [0.5, 0.6) is 0 Å². The Hall–Kier alpha value is -3.16. The van der Waals surface area contributed by atoms with Crippen molar-refractivity contribution < 1.29 is 37.3 Å². The molecule has 5 atom stereocenters. The molecule has 2 fully saturated rings. The molecule has 0 spiro atoms. The molecule has 2 aliphatic heterocycles. The minimum Gasteiger partial charge on any atom is -0.392 e. The van der Waals surface area contributed by atoms with Crippen molar-refractivity contribution in [2.75, 3.05) is 11.9 Å². The Bertz CT molecular complexity index is 1470. The van der Waals surface area contributed by atoms with Gasteiger partial charge in [-0.05, 0) is 36.1 Å². The number of nitrogens with one attached hydrogen (secondary N) is 1. The number of likely N-dealkylation sites (tertiary alicyclic amines) is 1. The van der Waals surface area contributed by atoms with Crippen LogP contribution in [-0.4, -0.2) is 56.2 Å². The molecule has 0 bridgehead atoms. The number of alkyl halides is 3. The minimum atomic E-state index is -5.06. The van der Waals surface area contributed by atoms with Crippen LogP contribution in [0.15, 0.2) is 54.9 Å². The average molecular weight is 641 g/mol. The summed E-state index contributed by atoms with van der Waals surface area (Å²) in [6.45, 7) is 2.04. The molecule has 2 N–H and O–H groups in total. The van der Waals surface area contributed by atoms with Crippen molar-refractivity contribution in [2.45, 2.75) is 63.6 Å². The maximum Gasteiger partial charge on any atom is 0.471 e. The number of imidazole rings is 1. The fourth-order valence-electron chi connectivity index (χ4n) is 5.43. The summed E-state index contributed by atoms with van der Waals surface area (Å²) in [4.78, 5) is 29.4. The maximum absolute atomic E-state index is 13.1. The van der Waals surface area contributed by atoms with Crippen molar-refractivity contribution >= 4 is 40.7 Å². The van der Waals surface area contributed by atoms with Gasteiger partial charge < -0.3 is 29.4 Å². The summed E-state index contributed by atoms with van der Waals surface area (Å²) >= 11 is 12.4. The van der Waals surface area contributed by atoms with E-state index in [1.165, 1.54) is 6.33 Å². The highest BCUT2D eigenvalue weighted by Gasteiger charge is 2.47. The van der Waals surface area contributed by atoms with Gasteiger partial charge in [0.25, 0.3) is 0 Å². The van der Waals surface area contributed by atoms with Gasteiger partial charge in [0.2, 0.25) is 5.91 Å². The monoisotopic (exact) mass is 640 g/mol. The first-order chi connectivity index (χ1) is 20.5. The molecule has 0 aliphatic carbocycles. The first kappa shape index (κ1) is 31.3. The van der Waals surface area contributed by atoms with Crippen LogP contribution < -0.4 is 5.32 Å². The summed E-state index contributed by atoms with van der Waals surface area (Å²) in [5.74, 6) is -2.91. The Morgan fingerprint density at radius 1 is 1.12 bits per heavy atom. The Balaban J connectivity index is 1.38. The fourth-order valence-corrected chi connectivity index (χ4v) is 5.74.